The van der Waals surface area contributed by atoms with Gasteiger partial charge in [-0.1, -0.05) is 24.1 Å². The van der Waals surface area contributed by atoms with Crippen molar-refractivity contribution >= 4 is 0 Å². The Kier molecular flexibility index (Phi) is 4.37. The average Bonchev–Trinajstić information content (AvgIpc) is 3.41. The van der Waals surface area contributed by atoms with Crippen molar-refractivity contribution in [3.05, 3.63) is 35.5 Å². The highest BCUT2D eigenvalue weighted by molar-refractivity contribution is 5.47. The van der Waals surface area contributed by atoms with Crippen LogP contribution in [0.2, 0.25) is 0 Å². The third-order valence-electron chi connectivity index (χ3n) is 5.47. The fourth-order valence-electron chi connectivity index (χ4n) is 4.09. The number of ether oxygens (including phenoxy) is 3. The van der Waals surface area contributed by atoms with Gasteiger partial charge in [0.15, 0.2) is 17.3 Å². The first kappa shape index (κ1) is 16.4. The van der Waals surface area contributed by atoms with Crippen LogP contribution in [0, 0.1) is 0 Å². The van der Waals surface area contributed by atoms with E-state index in [4.69, 9.17) is 23.7 Å². The Hall–Kier alpha value is -2.08. The topological polar surface area (TPSA) is 66.6 Å². The molecule has 2 heterocycles. The minimum Gasteiger partial charge on any atom is -0.493 e. The van der Waals surface area contributed by atoms with Gasteiger partial charge >= 0.3 is 0 Å². The van der Waals surface area contributed by atoms with E-state index >= 15 is 0 Å². The van der Waals surface area contributed by atoms with Gasteiger partial charge in [0.1, 0.15) is 6.10 Å². The van der Waals surface area contributed by atoms with Gasteiger partial charge in [0.2, 0.25) is 0 Å². The Morgan fingerprint density at radius 2 is 1.88 bits per heavy atom. The van der Waals surface area contributed by atoms with Crippen LogP contribution in [0.1, 0.15) is 61.9 Å². The molecule has 1 aromatic heterocycles. The number of methoxy groups -OCH3 is 2. The van der Waals surface area contributed by atoms with Crippen LogP contribution in [0.5, 0.6) is 11.5 Å². The van der Waals surface area contributed by atoms with Crippen LogP contribution in [-0.4, -0.2) is 31.0 Å². The Labute approximate surface area is 147 Å². The highest BCUT2D eigenvalue weighted by Gasteiger charge is 2.42. The van der Waals surface area contributed by atoms with Crippen molar-refractivity contribution < 1.29 is 18.7 Å². The van der Waals surface area contributed by atoms with Gasteiger partial charge in [-0.05, 0) is 43.4 Å². The zero-order valence-electron chi connectivity index (χ0n) is 14.8. The molecule has 2 aromatic rings. The molecule has 134 valence electrons. The van der Waals surface area contributed by atoms with Crippen LogP contribution in [0.4, 0.5) is 0 Å². The zero-order chi connectivity index (χ0) is 17.3. The molecular formula is C19H24N2O4. The van der Waals surface area contributed by atoms with Crippen molar-refractivity contribution in [3.63, 3.8) is 0 Å². The maximum atomic E-state index is 5.69. The lowest BCUT2D eigenvalue weighted by Crippen LogP contribution is -2.25. The van der Waals surface area contributed by atoms with Gasteiger partial charge < -0.3 is 18.7 Å². The Balaban J connectivity index is 1.73. The van der Waals surface area contributed by atoms with Crippen molar-refractivity contribution in [1.29, 1.82) is 0 Å². The monoisotopic (exact) mass is 344 g/mol. The molecule has 6 heteroatoms. The summed E-state index contributed by atoms with van der Waals surface area (Å²) in [5.74, 6) is 2.84. The fourth-order valence-corrected chi connectivity index (χ4v) is 4.09. The number of nitrogens with zero attached hydrogens (tertiary/aromatic N) is 2. The predicted molar refractivity (Wildman–Crippen MR) is 91.0 cm³/mol. The molecule has 25 heavy (non-hydrogen) atoms. The Morgan fingerprint density at radius 3 is 2.56 bits per heavy atom. The van der Waals surface area contributed by atoms with Crippen LogP contribution in [0.15, 0.2) is 22.7 Å². The third-order valence-corrected chi connectivity index (χ3v) is 5.47. The number of hydrogen-bond acceptors (Lipinski definition) is 6. The summed E-state index contributed by atoms with van der Waals surface area (Å²) in [6.45, 7) is 0.767. The molecular weight excluding hydrogens is 320 g/mol. The van der Waals surface area contributed by atoms with E-state index in [0.29, 0.717) is 5.89 Å². The molecule has 1 atom stereocenters. The SMILES string of the molecule is COc1ccc(C2(c3noc([C@@H]4CCCO4)n3)CCCC2)cc1OC. The zero-order valence-corrected chi connectivity index (χ0v) is 14.8. The molecule has 1 saturated heterocycles. The summed E-state index contributed by atoms with van der Waals surface area (Å²) >= 11 is 0. The van der Waals surface area contributed by atoms with Gasteiger partial charge in [-0.2, -0.15) is 4.98 Å². The van der Waals surface area contributed by atoms with Crippen LogP contribution in [-0.2, 0) is 10.2 Å². The van der Waals surface area contributed by atoms with E-state index in [9.17, 15) is 0 Å². The predicted octanol–water partition coefficient (Wildman–Crippen LogP) is 3.80. The highest BCUT2D eigenvalue weighted by Crippen LogP contribution is 2.47. The van der Waals surface area contributed by atoms with E-state index in [2.05, 4.69) is 11.2 Å². The fraction of sp³-hybridized carbons (Fsp3) is 0.579. The van der Waals surface area contributed by atoms with E-state index in [1.165, 1.54) is 0 Å². The van der Waals surface area contributed by atoms with E-state index in [1.54, 1.807) is 14.2 Å². The Morgan fingerprint density at radius 1 is 1.08 bits per heavy atom. The van der Waals surface area contributed by atoms with Crippen LogP contribution in [0.25, 0.3) is 0 Å². The van der Waals surface area contributed by atoms with Gasteiger partial charge in [0.05, 0.1) is 19.6 Å². The van der Waals surface area contributed by atoms with Gasteiger partial charge in [0.25, 0.3) is 5.89 Å². The third kappa shape index (κ3) is 2.78. The van der Waals surface area contributed by atoms with Gasteiger partial charge in [-0.15, -0.1) is 0 Å². The van der Waals surface area contributed by atoms with Crippen LogP contribution < -0.4 is 9.47 Å². The maximum absolute atomic E-state index is 5.69. The Bertz CT molecular complexity index is 731. The molecule has 0 amide bonds. The molecule has 1 saturated carbocycles. The molecule has 0 spiro atoms. The first-order valence-corrected chi connectivity index (χ1v) is 8.95. The summed E-state index contributed by atoms with van der Waals surface area (Å²) in [6, 6.07) is 6.09. The summed E-state index contributed by atoms with van der Waals surface area (Å²) in [5.41, 5.74) is 0.933. The second kappa shape index (κ2) is 6.67. The summed E-state index contributed by atoms with van der Waals surface area (Å²) in [5, 5.41) is 4.35. The molecule has 2 fully saturated rings. The van der Waals surface area contributed by atoms with E-state index in [1.807, 2.05) is 12.1 Å². The van der Waals surface area contributed by atoms with Crippen LogP contribution >= 0.6 is 0 Å². The smallest absolute Gasteiger partial charge is 0.255 e. The molecule has 1 aromatic carbocycles. The van der Waals surface area contributed by atoms with Crippen molar-refractivity contribution in [2.75, 3.05) is 20.8 Å². The molecule has 0 N–H and O–H groups in total. The summed E-state index contributed by atoms with van der Waals surface area (Å²) in [4.78, 5) is 4.75. The second-order valence-corrected chi connectivity index (χ2v) is 6.82. The first-order chi connectivity index (χ1) is 12.3. The number of aromatic nitrogens is 2. The minimum absolute atomic E-state index is 0.0508. The molecule has 6 nitrogen and oxygen atoms in total. The lowest BCUT2D eigenvalue weighted by Gasteiger charge is -2.26. The van der Waals surface area contributed by atoms with E-state index in [-0.39, 0.29) is 11.5 Å². The summed E-state index contributed by atoms with van der Waals surface area (Å²) in [7, 11) is 3.31. The maximum Gasteiger partial charge on any atom is 0.255 e. The van der Waals surface area contributed by atoms with Crippen molar-refractivity contribution in [1.82, 2.24) is 10.1 Å². The summed E-state index contributed by atoms with van der Waals surface area (Å²) in [6.07, 6.45) is 6.26. The van der Waals surface area contributed by atoms with E-state index in [0.717, 1.165) is 68.0 Å². The molecule has 0 bridgehead atoms. The van der Waals surface area contributed by atoms with Crippen molar-refractivity contribution in [3.8, 4) is 11.5 Å². The number of rotatable bonds is 5. The first-order valence-electron chi connectivity index (χ1n) is 8.95. The van der Waals surface area contributed by atoms with Gasteiger partial charge in [-0.3, -0.25) is 0 Å². The molecule has 1 aliphatic heterocycles. The lowest BCUT2D eigenvalue weighted by atomic mass is 9.78. The molecule has 4 rings (SSSR count). The average molecular weight is 344 g/mol. The van der Waals surface area contributed by atoms with E-state index < -0.39 is 0 Å². The van der Waals surface area contributed by atoms with Gasteiger partial charge in [-0.25, -0.2) is 0 Å². The highest BCUT2D eigenvalue weighted by atomic mass is 16.5. The molecule has 1 aliphatic carbocycles. The summed E-state index contributed by atoms with van der Waals surface area (Å²) < 4.78 is 22.1. The quantitative estimate of drug-likeness (QED) is 0.822. The second-order valence-electron chi connectivity index (χ2n) is 6.82. The van der Waals surface area contributed by atoms with Crippen LogP contribution in [0.3, 0.4) is 0 Å². The van der Waals surface area contributed by atoms with Crippen molar-refractivity contribution in [2.45, 2.75) is 50.0 Å². The standard InChI is InChI=1S/C19H24N2O4/c1-22-14-8-7-13(12-16(14)23-2)19(9-3-4-10-19)18-20-17(25-21-18)15-6-5-11-24-15/h7-8,12,15H,3-6,9-11H2,1-2H3/t15-/m0/s1. The van der Waals surface area contributed by atoms with Gasteiger partial charge in [0, 0.05) is 6.61 Å². The minimum atomic E-state index is -0.222. The number of benzene rings is 1. The van der Waals surface area contributed by atoms with Crippen molar-refractivity contribution in [2.24, 2.45) is 0 Å². The molecule has 2 aliphatic rings. The molecule has 0 unspecified atom stereocenters. The lowest BCUT2D eigenvalue weighted by molar-refractivity contribution is 0.0835. The molecule has 0 radical (unpaired) electrons. The number of hydrogen-bond donors (Lipinski definition) is 0. The largest absolute Gasteiger partial charge is 0.493 e. The normalized spacial score (nSPS) is 22.2.